The summed E-state index contributed by atoms with van der Waals surface area (Å²) in [6, 6.07) is 6.81. The van der Waals surface area contributed by atoms with Gasteiger partial charge in [0.05, 0.1) is 6.61 Å². The number of nitrogens with one attached hydrogen (secondary N) is 2. The molecule has 2 rings (SSSR count). The summed E-state index contributed by atoms with van der Waals surface area (Å²) < 4.78 is 5.05. The van der Waals surface area contributed by atoms with E-state index in [1.165, 1.54) is 0 Å². The average Bonchev–Trinajstić information content (AvgIpc) is 2.65. The van der Waals surface area contributed by atoms with Crippen LogP contribution in [-0.2, 0) is 16.1 Å². The summed E-state index contributed by atoms with van der Waals surface area (Å²) in [6.07, 6.45) is 2.59. The number of amides is 2. The van der Waals surface area contributed by atoms with Crippen LogP contribution >= 0.6 is 0 Å². The third-order valence-corrected chi connectivity index (χ3v) is 3.34. The van der Waals surface area contributed by atoms with E-state index in [4.69, 9.17) is 4.74 Å². The predicted octanol–water partition coefficient (Wildman–Crippen LogP) is 1.23. The second-order valence-electron chi connectivity index (χ2n) is 4.95. The topological polar surface area (TPSA) is 67.4 Å². The van der Waals surface area contributed by atoms with E-state index in [0.717, 1.165) is 18.4 Å². The van der Waals surface area contributed by atoms with Crippen LogP contribution in [0, 0.1) is 0 Å². The Hall–Kier alpha value is -1.88. The number of rotatable bonds is 4. The van der Waals surface area contributed by atoms with Gasteiger partial charge in [0.15, 0.2) is 0 Å². The van der Waals surface area contributed by atoms with Crippen LogP contribution in [0.15, 0.2) is 24.3 Å². The van der Waals surface area contributed by atoms with Gasteiger partial charge >= 0.3 is 0 Å². The van der Waals surface area contributed by atoms with Gasteiger partial charge in [-0.1, -0.05) is 12.1 Å². The summed E-state index contributed by atoms with van der Waals surface area (Å²) in [6.45, 7) is 1.15. The van der Waals surface area contributed by atoms with Crippen molar-refractivity contribution in [2.75, 3.05) is 13.7 Å². The molecule has 5 nitrogen and oxygen atoms in total. The fraction of sp³-hybridized carbons (Fsp3) is 0.467. The minimum absolute atomic E-state index is 0.0936. The molecule has 5 heteroatoms. The minimum atomic E-state index is -0.434. The van der Waals surface area contributed by atoms with Crippen molar-refractivity contribution >= 4 is 11.8 Å². The molecule has 0 aromatic heterocycles. The highest BCUT2D eigenvalue weighted by molar-refractivity contribution is 5.97. The van der Waals surface area contributed by atoms with Crippen molar-refractivity contribution in [3.8, 4) is 0 Å². The lowest BCUT2D eigenvalue weighted by Gasteiger charge is -2.15. The highest BCUT2D eigenvalue weighted by Gasteiger charge is 2.22. The van der Waals surface area contributed by atoms with Crippen molar-refractivity contribution in [3.63, 3.8) is 0 Å². The molecule has 2 amide bonds. The van der Waals surface area contributed by atoms with E-state index in [1.54, 1.807) is 19.2 Å². The van der Waals surface area contributed by atoms with E-state index in [0.29, 0.717) is 25.1 Å². The molecule has 0 aliphatic carbocycles. The standard InChI is InChI=1S/C15H20N2O3/c1-20-10-11-5-4-6-12(9-11)14(18)17-13-7-2-3-8-16-15(13)19/h4-6,9,13H,2-3,7-8,10H2,1H3,(H,16,19)(H,17,18). The Kier molecular flexibility index (Phi) is 5.12. The van der Waals surface area contributed by atoms with Gasteiger partial charge in [-0.05, 0) is 37.0 Å². The maximum atomic E-state index is 12.2. The number of benzene rings is 1. The Balaban J connectivity index is 2.03. The number of carbonyl (C=O) groups is 2. The molecule has 0 radical (unpaired) electrons. The molecule has 1 heterocycles. The first-order valence-corrected chi connectivity index (χ1v) is 6.87. The normalized spacial score (nSPS) is 19.1. The van der Waals surface area contributed by atoms with Crippen LogP contribution in [0.3, 0.4) is 0 Å². The smallest absolute Gasteiger partial charge is 0.251 e. The molecule has 2 N–H and O–H groups in total. The number of hydrogen-bond acceptors (Lipinski definition) is 3. The van der Waals surface area contributed by atoms with Crippen LogP contribution < -0.4 is 10.6 Å². The van der Waals surface area contributed by atoms with Gasteiger partial charge in [0.25, 0.3) is 5.91 Å². The molecule has 1 fully saturated rings. The van der Waals surface area contributed by atoms with E-state index in [1.807, 2.05) is 12.1 Å². The summed E-state index contributed by atoms with van der Waals surface area (Å²) in [5.41, 5.74) is 1.49. The van der Waals surface area contributed by atoms with E-state index in [-0.39, 0.29) is 11.8 Å². The van der Waals surface area contributed by atoms with Crippen LogP contribution in [0.5, 0.6) is 0 Å². The lowest BCUT2D eigenvalue weighted by Crippen LogP contribution is -2.45. The van der Waals surface area contributed by atoms with E-state index in [2.05, 4.69) is 10.6 Å². The summed E-state index contributed by atoms with van der Waals surface area (Å²) in [4.78, 5) is 24.0. The summed E-state index contributed by atoms with van der Waals surface area (Å²) in [5, 5.41) is 5.61. The SMILES string of the molecule is COCc1cccc(C(=O)NC2CCCCNC2=O)c1. The minimum Gasteiger partial charge on any atom is -0.380 e. The Morgan fingerprint density at radius 3 is 3.10 bits per heavy atom. The predicted molar refractivity (Wildman–Crippen MR) is 75.3 cm³/mol. The highest BCUT2D eigenvalue weighted by atomic mass is 16.5. The Bertz CT molecular complexity index is 488. The third-order valence-electron chi connectivity index (χ3n) is 3.34. The van der Waals surface area contributed by atoms with Gasteiger partial charge in [-0.15, -0.1) is 0 Å². The van der Waals surface area contributed by atoms with Crippen molar-refractivity contribution in [2.24, 2.45) is 0 Å². The van der Waals surface area contributed by atoms with Gasteiger partial charge in [0.1, 0.15) is 6.04 Å². The molecule has 0 saturated carbocycles. The molecule has 1 aliphatic heterocycles. The van der Waals surface area contributed by atoms with Crippen molar-refractivity contribution in [1.82, 2.24) is 10.6 Å². The number of carbonyl (C=O) groups excluding carboxylic acids is 2. The number of hydrogen-bond donors (Lipinski definition) is 2. The quantitative estimate of drug-likeness (QED) is 0.869. The number of methoxy groups -OCH3 is 1. The monoisotopic (exact) mass is 276 g/mol. The highest BCUT2D eigenvalue weighted by Crippen LogP contribution is 2.09. The molecular formula is C15H20N2O3. The van der Waals surface area contributed by atoms with Gasteiger partial charge in [-0.2, -0.15) is 0 Å². The molecular weight excluding hydrogens is 256 g/mol. The van der Waals surface area contributed by atoms with Crippen molar-refractivity contribution in [3.05, 3.63) is 35.4 Å². The first kappa shape index (κ1) is 14.5. The largest absolute Gasteiger partial charge is 0.380 e. The summed E-state index contributed by atoms with van der Waals surface area (Å²) in [7, 11) is 1.61. The van der Waals surface area contributed by atoms with Gasteiger partial charge < -0.3 is 15.4 Å². The molecule has 20 heavy (non-hydrogen) atoms. The third kappa shape index (κ3) is 3.81. The molecule has 1 aliphatic rings. The zero-order valence-electron chi connectivity index (χ0n) is 11.6. The maximum Gasteiger partial charge on any atom is 0.251 e. The average molecular weight is 276 g/mol. The maximum absolute atomic E-state index is 12.2. The Morgan fingerprint density at radius 1 is 1.45 bits per heavy atom. The first-order valence-electron chi connectivity index (χ1n) is 6.87. The fourth-order valence-electron chi connectivity index (χ4n) is 2.29. The van der Waals surface area contributed by atoms with E-state index >= 15 is 0 Å². The molecule has 108 valence electrons. The number of ether oxygens (including phenoxy) is 1. The zero-order chi connectivity index (χ0) is 14.4. The molecule has 0 bridgehead atoms. The van der Waals surface area contributed by atoms with Crippen molar-refractivity contribution in [2.45, 2.75) is 31.9 Å². The van der Waals surface area contributed by atoms with Crippen LogP contribution in [0.25, 0.3) is 0 Å². The summed E-state index contributed by atoms with van der Waals surface area (Å²) >= 11 is 0. The van der Waals surface area contributed by atoms with Gasteiger partial charge in [-0.3, -0.25) is 9.59 Å². The van der Waals surface area contributed by atoms with Crippen LogP contribution in [0.4, 0.5) is 0 Å². The molecule has 1 saturated heterocycles. The van der Waals surface area contributed by atoms with Crippen LogP contribution in [0.1, 0.15) is 35.2 Å². The second kappa shape index (κ2) is 7.05. The van der Waals surface area contributed by atoms with Crippen molar-refractivity contribution in [1.29, 1.82) is 0 Å². The van der Waals surface area contributed by atoms with Crippen molar-refractivity contribution < 1.29 is 14.3 Å². The molecule has 1 unspecified atom stereocenters. The van der Waals surface area contributed by atoms with Gasteiger partial charge in [-0.25, -0.2) is 0 Å². The van der Waals surface area contributed by atoms with Gasteiger partial charge in [0, 0.05) is 19.2 Å². The van der Waals surface area contributed by atoms with Crippen LogP contribution in [-0.4, -0.2) is 31.5 Å². The molecule has 1 atom stereocenters. The summed E-state index contributed by atoms with van der Waals surface area (Å²) in [5.74, 6) is -0.311. The van der Waals surface area contributed by atoms with E-state index in [9.17, 15) is 9.59 Å². The Labute approximate surface area is 118 Å². The first-order chi connectivity index (χ1) is 9.70. The fourth-order valence-corrected chi connectivity index (χ4v) is 2.29. The Morgan fingerprint density at radius 2 is 2.30 bits per heavy atom. The molecule has 1 aromatic carbocycles. The molecule has 0 spiro atoms. The van der Waals surface area contributed by atoms with Gasteiger partial charge in [0.2, 0.25) is 5.91 Å². The lowest BCUT2D eigenvalue weighted by molar-refractivity contribution is -0.122. The molecule has 1 aromatic rings. The van der Waals surface area contributed by atoms with Crippen LogP contribution in [0.2, 0.25) is 0 Å². The second-order valence-corrected chi connectivity index (χ2v) is 4.95. The lowest BCUT2D eigenvalue weighted by atomic mass is 10.1. The van der Waals surface area contributed by atoms with E-state index < -0.39 is 6.04 Å². The zero-order valence-corrected chi connectivity index (χ0v) is 11.6.